The zero-order valence-electron chi connectivity index (χ0n) is 16.8. The summed E-state index contributed by atoms with van der Waals surface area (Å²) in [5, 5.41) is 14.1. The van der Waals surface area contributed by atoms with Crippen LogP contribution in [0.2, 0.25) is 0 Å². The average Bonchev–Trinajstić information content (AvgIpc) is 2.71. The highest BCUT2D eigenvalue weighted by molar-refractivity contribution is 5.78. The quantitative estimate of drug-likeness (QED) is 0.719. The van der Waals surface area contributed by atoms with Crippen LogP contribution in [0.1, 0.15) is 33.1 Å². The molecular formula is C19H30N4O5. The maximum absolute atomic E-state index is 12.2. The Hall–Kier alpha value is -1.97. The van der Waals surface area contributed by atoms with Crippen molar-refractivity contribution < 1.29 is 24.1 Å². The molecule has 2 aliphatic rings. The van der Waals surface area contributed by atoms with Crippen LogP contribution >= 0.6 is 0 Å². The van der Waals surface area contributed by atoms with Crippen LogP contribution in [-0.2, 0) is 14.3 Å². The molecule has 0 bridgehead atoms. The predicted molar refractivity (Wildman–Crippen MR) is 102 cm³/mol. The summed E-state index contributed by atoms with van der Waals surface area (Å²) in [4.78, 5) is 22.9. The highest BCUT2D eigenvalue weighted by Crippen LogP contribution is 2.40. The zero-order chi connectivity index (χ0) is 20.2. The van der Waals surface area contributed by atoms with Crippen molar-refractivity contribution in [2.24, 2.45) is 0 Å². The number of ether oxygens (including phenoxy) is 3. The van der Waals surface area contributed by atoms with Gasteiger partial charge in [-0.15, -0.1) is 0 Å². The molecule has 2 aliphatic heterocycles. The molecule has 1 spiro atoms. The van der Waals surface area contributed by atoms with Crippen LogP contribution in [0.25, 0.3) is 0 Å². The van der Waals surface area contributed by atoms with Crippen LogP contribution in [0.3, 0.4) is 0 Å². The van der Waals surface area contributed by atoms with Crippen LogP contribution in [0.5, 0.6) is 5.88 Å². The van der Waals surface area contributed by atoms with Gasteiger partial charge in [-0.2, -0.15) is 4.98 Å². The van der Waals surface area contributed by atoms with Gasteiger partial charge in [-0.1, -0.05) is 0 Å². The lowest BCUT2D eigenvalue weighted by Crippen LogP contribution is -2.69. The Labute approximate surface area is 165 Å². The van der Waals surface area contributed by atoms with E-state index < -0.39 is 17.2 Å². The Balaban J connectivity index is 1.66. The van der Waals surface area contributed by atoms with Gasteiger partial charge in [0.05, 0.1) is 18.2 Å². The number of methoxy groups -OCH3 is 1. The number of amides is 1. The zero-order valence-corrected chi connectivity index (χ0v) is 16.8. The topological polar surface area (TPSA) is 106 Å². The summed E-state index contributed by atoms with van der Waals surface area (Å²) < 4.78 is 16.4. The van der Waals surface area contributed by atoms with E-state index in [-0.39, 0.29) is 12.5 Å². The van der Waals surface area contributed by atoms with Crippen molar-refractivity contribution in [2.45, 2.75) is 50.4 Å². The molecule has 1 amide bonds. The van der Waals surface area contributed by atoms with Crippen molar-refractivity contribution >= 4 is 11.9 Å². The molecule has 9 heteroatoms. The average molecular weight is 394 g/mol. The molecule has 3 heterocycles. The van der Waals surface area contributed by atoms with Crippen molar-refractivity contribution in [2.75, 3.05) is 44.9 Å². The summed E-state index contributed by atoms with van der Waals surface area (Å²) in [6.45, 7) is 5.96. The normalized spacial score (nSPS) is 26.9. The molecule has 156 valence electrons. The van der Waals surface area contributed by atoms with E-state index in [1.807, 2.05) is 13.8 Å². The number of aliphatic hydroxyl groups is 1. The first-order valence-corrected chi connectivity index (χ1v) is 9.75. The first-order valence-electron chi connectivity index (χ1n) is 9.75. The van der Waals surface area contributed by atoms with Crippen LogP contribution in [0, 0.1) is 0 Å². The van der Waals surface area contributed by atoms with Gasteiger partial charge in [0.2, 0.25) is 17.7 Å². The lowest BCUT2D eigenvalue weighted by molar-refractivity contribution is -0.199. The summed E-state index contributed by atoms with van der Waals surface area (Å²) >= 11 is 0. The minimum atomic E-state index is -0.812. The number of hydrogen-bond acceptors (Lipinski definition) is 8. The van der Waals surface area contributed by atoms with Gasteiger partial charge in [-0.05, 0) is 33.1 Å². The number of aliphatic hydroxyl groups excluding tert-OH is 1. The third-order valence-electron chi connectivity index (χ3n) is 5.69. The van der Waals surface area contributed by atoms with Gasteiger partial charge in [-0.3, -0.25) is 4.79 Å². The second-order valence-corrected chi connectivity index (χ2v) is 7.55. The van der Waals surface area contributed by atoms with Gasteiger partial charge < -0.3 is 29.5 Å². The van der Waals surface area contributed by atoms with Gasteiger partial charge >= 0.3 is 0 Å². The number of hydrogen-bond donors (Lipinski definition) is 2. The highest BCUT2D eigenvalue weighted by Gasteiger charge is 2.54. The Morgan fingerprint density at radius 2 is 2.18 bits per heavy atom. The molecule has 2 N–H and O–H groups in total. The molecule has 2 fully saturated rings. The first kappa shape index (κ1) is 20.8. The number of piperidine rings is 1. The molecule has 0 saturated carbocycles. The summed E-state index contributed by atoms with van der Waals surface area (Å²) in [6.07, 6.45) is 2.64. The lowest BCUT2D eigenvalue weighted by atomic mass is 9.73. The molecule has 0 aliphatic carbocycles. The van der Waals surface area contributed by atoms with Gasteiger partial charge in [0.15, 0.2) is 0 Å². The third kappa shape index (κ3) is 4.21. The monoisotopic (exact) mass is 394 g/mol. The fourth-order valence-electron chi connectivity index (χ4n) is 4.04. The summed E-state index contributed by atoms with van der Waals surface area (Å²) in [5.41, 5.74) is -1.44. The molecule has 1 aromatic rings. The van der Waals surface area contributed by atoms with Crippen LogP contribution < -0.4 is 15.0 Å². The molecule has 0 unspecified atom stereocenters. The Bertz CT molecular complexity index is 680. The standard InChI is InChI=1S/C19H30N4O5/c1-4-27-13-14(24)22-18(2)8-12-28-19(16(18)25)6-10-23(11-7-19)17-20-9-5-15(21-17)26-3/h5,9,16,25H,4,6-8,10-13H2,1-3H3,(H,22,24)/t16-,18+/m1/s1. The highest BCUT2D eigenvalue weighted by atomic mass is 16.5. The fourth-order valence-corrected chi connectivity index (χ4v) is 4.04. The molecule has 2 saturated heterocycles. The molecule has 0 radical (unpaired) electrons. The Morgan fingerprint density at radius 3 is 2.86 bits per heavy atom. The lowest BCUT2D eigenvalue weighted by Gasteiger charge is -2.53. The largest absolute Gasteiger partial charge is 0.481 e. The summed E-state index contributed by atoms with van der Waals surface area (Å²) in [6, 6.07) is 1.71. The second kappa shape index (κ2) is 8.59. The molecule has 3 rings (SSSR count). The van der Waals surface area contributed by atoms with E-state index in [0.29, 0.717) is 57.4 Å². The van der Waals surface area contributed by atoms with Crippen LogP contribution in [0.15, 0.2) is 12.3 Å². The van der Waals surface area contributed by atoms with Crippen molar-refractivity contribution in [3.63, 3.8) is 0 Å². The summed E-state index contributed by atoms with van der Waals surface area (Å²) in [7, 11) is 1.57. The van der Waals surface area contributed by atoms with Crippen LogP contribution in [0.4, 0.5) is 5.95 Å². The Kier molecular flexibility index (Phi) is 6.36. The minimum Gasteiger partial charge on any atom is -0.481 e. The Morgan fingerprint density at radius 1 is 1.43 bits per heavy atom. The van der Waals surface area contributed by atoms with Gasteiger partial charge in [0.25, 0.3) is 0 Å². The van der Waals surface area contributed by atoms with Crippen molar-refractivity contribution in [1.29, 1.82) is 0 Å². The van der Waals surface area contributed by atoms with Crippen LogP contribution in [-0.4, -0.2) is 78.2 Å². The third-order valence-corrected chi connectivity index (χ3v) is 5.69. The van der Waals surface area contributed by atoms with E-state index in [9.17, 15) is 9.90 Å². The van der Waals surface area contributed by atoms with Crippen molar-refractivity contribution in [3.8, 4) is 5.88 Å². The number of carbonyl (C=O) groups excluding carboxylic acids is 1. The van der Waals surface area contributed by atoms with E-state index in [1.54, 1.807) is 19.4 Å². The SMILES string of the molecule is CCOCC(=O)N[C@@]1(C)CCOC2(CCN(c3nccc(OC)n3)CC2)[C@@H]1O. The van der Waals surface area contributed by atoms with Gasteiger partial charge in [-0.25, -0.2) is 4.98 Å². The number of carbonyl (C=O) groups is 1. The van der Waals surface area contributed by atoms with Gasteiger partial charge in [0.1, 0.15) is 12.7 Å². The minimum absolute atomic E-state index is 0.00633. The van der Waals surface area contributed by atoms with E-state index in [4.69, 9.17) is 14.2 Å². The smallest absolute Gasteiger partial charge is 0.246 e. The van der Waals surface area contributed by atoms with E-state index in [2.05, 4.69) is 20.2 Å². The van der Waals surface area contributed by atoms with E-state index >= 15 is 0 Å². The molecule has 2 atom stereocenters. The van der Waals surface area contributed by atoms with Gasteiger partial charge in [0, 0.05) is 38.6 Å². The molecule has 1 aromatic heterocycles. The maximum Gasteiger partial charge on any atom is 0.246 e. The molecule has 28 heavy (non-hydrogen) atoms. The second-order valence-electron chi connectivity index (χ2n) is 7.55. The van der Waals surface area contributed by atoms with Crippen molar-refractivity contribution in [3.05, 3.63) is 12.3 Å². The number of nitrogens with one attached hydrogen (secondary N) is 1. The first-order chi connectivity index (χ1) is 13.4. The number of rotatable bonds is 6. The number of anilines is 1. The number of aromatic nitrogens is 2. The molecule has 0 aromatic carbocycles. The predicted octanol–water partition coefficient (Wildman–Crippen LogP) is 0.517. The molecule has 9 nitrogen and oxygen atoms in total. The summed E-state index contributed by atoms with van der Waals surface area (Å²) in [5.74, 6) is 0.902. The maximum atomic E-state index is 12.2. The number of nitrogens with zero attached hydrogens (tertiary/aromatic N) is 3. The van der Waals surface area contributed by atoms with E-state index in [0.717, 1.165) is 0 Å². The molecular weight excluding hydrogens is 364 g/mol. The fraction of sp³-hybridized carbons (Fsp3) is 0.737. The van der Waals surface area contributed by atoms with Crippen molar-refractivity contribution in [1.82, 2.24) is 15.3 Å². The van der Waals surface area contributed by atoms with E-state index in [1.165, 1.54) is 0 Å².